The largest absolute Gasteiger partial charge is 0.497 e. The lowest BCUT2D eigenvalue weighted by atomic mass is 9.33. The standard InChI is InChI=1S/C41H58N2O4/c1-36(2)32-11-15-41(7)34(39(32,5)14-12-33(36)45)31(44)22-28-29-23-38(4,17-16-37(29,3)18-19-40(28,41)6)35(46)42-20-13-25-24-43-30-10-9-26(47-8)21-27(25)30/h9,21-22,24,29,32-34,45H,10-20,23H2,1-8H3,(H,42,46)/t29-,32?,33+,34-,37-,38+,39+,40-,41-/m1/s1. The van der Waals surface area contributed by atoms with Crippen LogP contribution in [-0.2, 0) is 14.3 Å². The molecular formula is C41H58N2O4. The molecule has 9 atom stereocenters. The Balaban J connectivity index is 1.12. The van der Waals surface area contributed by atoms with E-state index in [1.165, 1.54) is 5.57 Å². The number of ether oxygens (including phenoxy) is 1. The van der Waals surface area contributed by atoms with E-state index in [2.05, 4.69) is 77.0 Å². The summed E-state index contributed by atoms with van der Waals surface area (Å²) in [6.45, 7) is 17.0. The van der Waals surface area contributed by atoms with Crippen LogP contribution in [0.15, 0.2) is 51.9 Å². The summed E-state index contributed by atoms with van der Waals surface area (Å²) in [6, 6.07) is 0. The molecule has 0 aromatic rings. The molecule has 0 spiro atoms. The van der Waals surface area contributed by atoms with Gasteiger partial charge < -0.3 is 15.2 Å². The fourth-order valence-corrected chi connectivity index (χ4v) is 12.5. The summed E-state index contributed by atoms with van der Waals surface area (Å²) >= 11 is 0. The van der Waals surface area contributed by atoms with E-state index in [-0.39, 0.29) is 50.9 Å². The monoisotopic (exact) mass is 642 g/mol. The van der Waals surface area contributed by atoms with E-state index in [1.54, 1.807) is 7.11 Å². The number of methoxy groups -OCH3 is 1. The molecule has 0 radical (unpaired) electrons. The van der Waals surface area contributed by atoms with Crippen LogP contribution in [0.5, 0.6) is 0 Å². The van der Waals surface area contributed by atoms with E-state index in [9.17, 15) is 14.7 Å². The third-order valence-corrected chi connectivity index (χ3v) is 15.8. The third-order valence-electron chi connectivity index (χ3n) is 15.8. The van der Waals surface area contributed by atoms with Gasteiger partial charge in [0.15, 0.2) is 5.78 Å². The Labute approximate surface area is 282 Å². The summed E-state index contributed by atoms with van der Waals surface area (Å²) in [6.07, 6.45) is 18.1. The highest BCUT2D eigenvalue weighted by Gasteiger charge is 2.70. The normalized spacial score (nSPS) is 45.0. The Hall–Kier alpha value is -2.47. The fraction of sp³-hybridized carbons (Fsp3) is 0.732. The van der Waals surface area contributed by atoms with Gasteiger partial charge in [0.1, 0.15) is 5.76 Å². The molecule has 1 aliphatic heterocycles. The van der Waals surface area contributed by atoms with Gasteiger partial charge in [-0.3, -0.25) is 14.6 Å². The molecular weight excluding hydrogens is 584 g/mol. The summed E-state index contributed by atoms with van der Waals surface area (Å²) < 4.78 is 5.46. The second-order valence-electron chi connectivity index (χ2n) is 18.4. The summed E-state index contributed by atoms with van der Waals surface area (Å²) in [5.74, 6) is 1.86. The Morgan fingerprint density at radius 3 is 2.49 bits per heavy atom. The minimum Gasteiger partial charge on any atom is -0.497 e. The molecule has 4 fully saturated rings. The number of rotatable bonds is 5. The van der Waals surface area contributed by atoms with Gasteiger partial charge in [-0.25, -0.2) is 0 Å². The SMILES string of the molecule is COC1=CCC2=NC=C(CCNC(=O)[C@@]3(C)CC[C@]4(C)CC[C@]5(C)C(=CC(=O)[C@@H]6[C@@]7(C)CC[C@H](O)C(C)(C)C7CC[C@]65C)[C@H]4C3)C2=C1. The number of carbonyl (C=O) groups excluding carboxylic acids is 2. The third kappa shape index (κ3) is 4.62. The number of fused-ring (bicyclic) bond motifs is 8. The molecule has 7 rings (SSSR count). The molecule has 6 heteroatoms. The molecule has 6 aliphatic carbocycles. The van der Waals surface area contributed by atoms with Gasteiger partial charge in [-0.2, -0.15) is 0 Å². The van der Waals surface area contributed by atoms with E-state index in [0.29, 0.717) is 18.2 Å². The molecule has 0 bridgehead atoms. The number of allylic oxidation sites excluding steroid dienone is 5. The van der Waals surface area contributed by atoms with Crippen molar-refractivity contribution in [2.24, 2.45) is 55.2 Å². The zero-order valence-electron chi connectivity index (χ0n) is 30.2. The molecule has 2 N–H and O–H groups in total. The van der Waals surface area contributed by atoms with Crippen molar-refractivity contribution < 1.29 is 19.4 Å². The number of amides is 1. The van der Waals surface area contributed by atoms with Crippen LogP contribution in [0.4, 0.5) is 0 Å². The topological polar surface area (TPSA) is 88.0 Å². The van der Waals surface area contributed by atoms with Crippen LogP contribution >= 0.6 is 0 Å². The second-order valence-corrected chi connectivity index (χ2v) is 18.4. The summed E-state index contributed by atoms with van der Waals surface area (Å²) in [5.41, 5.74) is 3.83. The van der Waals surface area contributed by atoms with Gasteiger partial charge in [-0.05, 0) is 127 Å². The van der Waals surface area contributed by atoms with E-state index in [4.69, 9.17) is 4.74 Å². The van der Waals surface area contributed by atoms with Gasteiger partial charge in [0.05, 0.1) is 18.9 Å². The average Bonchev–Trinajstić information content (AvgIpc) is 3.43. The number of nitrogens with zero attached hydrogens (tertiary/aromatic N) is 1. The first-order valence-electron chi connectivity index (χ1n) is 18.5. The predicted molar refractivity (Wildman–Crippen MR) is 186 cm³/mol. The summed E-state index contributed by atoms with van der Waals surface area (Å²) in [4.78, 5) is 33.3. The number of aliphatic hydroxyl groups is 1. The summed E-state index contributed by atoms with van der Waals surface area (Å²) in [7, 11) is 1.69. The van der Waals surface area contributed by atoms with E-state index in [1.807, 2.05) is 6.20 Å². The van der Waals surface area contributed by atoms with Crippen molar-refractivity contribution in [1.82, 2.24) is 5.32 Å². The van der Waals surface area contributed by atoms with Crippen molar-refractivity contribution in [2.75, 3.05) is 13.7 Å². The van der Waals surface area contributed by atoms with Crippen LogP contribution in [0.25, 0.3) is 0 Å². The lowest BCUT2D eigenvalue weighted by molar-refractivity contribution is -0.202. The van der Waals surface area contributed by atoms with Crippen molar-refractivity contribution in [3.05, 3.63) is 46.9 Å². The maximum atomic E-state index is 14.6. The second kappa shape index (κ2) is 10.8. The first-order chi connectivity index (χ1) is 22.0. The molecule has 4 saturated carbocycles. The first-order valence-corrected chi connectivity index (χ1v) is 18.5. The smallest absolute Gasteiger partial charge is 0.225 e. The quantitative estimate of drug-likeness (QED) is 0.318. The molecule has 0 saturated heterocycles. The number of aliphatic imine (C=N–C) groups is 1. The maximum Gasteiger partial charge on any atom is 0.225 e. The van der Waals surface area contributed by atoms with Crippen LogP contribution in [0.2, 0.25) is 0 Å². The first kappa shape index (κ1) is 33.0. The van der Waals surface area contributed by atoms with Crippen molar-refractivity contribution in [3.8, 4) is 0 Å². The number of hydrogen-bond donors (Lipinski definition) is 2. The maximum absolute atomic E-state index is 14.6. The van der Waals surface area contributed by atoms with Gasteiger partial charge in [-0.15, -0.1) is 0 Å². The molecule has 1 heterocycles. The Morgan fingerprint density at radius 1 is 1.00 bits per heavy atom. The lowest BCUT2D eigenvalue weighted by Gasteiger charge is -2.70. The van der Waals surface area contributed by atoms with Crippen LogP contribution in [-0.4, -0.2) is 42.3 Å². The number of nitrogens with one attached hydrogen (secondary N) is 1. The van der Waals surface area contributed by atoms with Gasteiger partial charge >= 0.3 is 0 Å². The zero-order valence-corrected chi connectivity index (χ0v) is 30.2. The van der Waals surface area contributed by atoms with Crippen LogP contribution in [0, 0.1) is 50.2 Å². The summed E-state index contributed by atoms with van der Waals surface area (Å²) in [5, 5.41) is 14.4. The van der Waals surface area contributed by atoms with Crippen molar-refractivity contribution in [2.45, 2.75) is 125 Å². The molecule has 0 aromatic carbocycles. The van der Waals surface area contributed by atoms with Crippen molar-refractivity contribution >= 4 is 17.4 Å². The van der Waals surface area contributed by atoms with Crippen molar-refractivity contribution in [3.63, 3.8) is 0 Å². The highest BCUT2D eigenvalue weighted by molar-refractivity contribution is 6.08. The highest BCUT2D eigenvalue weighted by atomic mass is 16.5. The number of carbonyl (C=O) groups is 2. The molecule has 256 valence electrons. The number of aliphatic hydroxyl groups excluding tert-OH is 1. The van der Waals surface area contributed by atoms with Gasteiger partial charge in [0.2, 0.25) is 5.91 Å². The van der Waals surface area contributed by atoms with Gasteiger partial charge in [0.25, 0.3) is 0 Å². The molecule has 0 aromatic heterocycles. The van der Waals surface area contributed by atoms with E-state index in [0.717, 1.165) is 93.2 Å². The lowest BCUT2D eigenvalue weighted by Crippen LogP contribution is -2.66. The average molecular weight is 643 g/mol. The van der Waals surface area contributed by atoms with Gasteiger partial charge in [-0.1, -0.05) is 54.0 Å². The molecule has 6 nitrogen and oxygen atoms in total. The van der Waals surface area contributed by atoms with Crippen LogP contribution in [0.1, 0.15) is 119 Å². The zero-order chi connectivity index (χ0) is 33.8. The molecule has 1 unspecified atom stereocenters. The van der Waals surface area contributed by atoms with E-state index >= 15 is 0 Å². The number of hydrogen-bond acceptors (Lipinski definition) is 5. The Morgan fingerprint density at radius 2 is 1.74 bits per heavy atom. The molecule has 7 aliphatic rings. The van der Waals surface area contributed by atoms with Gasteiger partial charge in [0, 0.05) is 36.1 Å². The molecule has 1 amide bonds. The van der Waals surface area contributed by atoms with Crippen LogP contribution in [0.3, 0.4) is 0 Å². The van der Waals surface area contributed by atoms with Crippen molar-refractivity contribution in [1.29, 1.82) is 0 Å². The highest BCUT2D eigenvalue weighted by Crippen LogP contribution is 2.75. The Bertz CT molecular complexity index is 1550. The fourth-order valence-electron chi connectivity index (χ4n) is 12.5. The minimum atomic E-state index is -0.473. The van der Waals surface area contributed by atoms with E-state index < -0.39 is 5.41 Å². The minimum absolute atomic E-state index is 0.0268. The molecule has 47 heavy (non-hydrogen) atoms. The van der Waals surface area contributed by atoms with Crippen LogP contribution < -0.4 is 5.32 Å². The Kier molecular flexibility index (Phi) is 7.57. The predicted octanol–water partition coefficient (Wildman–Crippen LogP) is 8.03. The number of ketones is 1.